The molecule has 7 nitrogen and oxygen atoms in total. The highest BCUT2D eigenvalue weighted by atomic mass is 16.5. The highest BCUT2D eigenvalue weighted by molar-refractivity contribution is 5.96. The summed E-state index contributed by atoms with van der Waals surface area (Å²) in [6.45, 7) is 4.27. The minimum absolute atomic E-state index is 0.169. The van der Waals surface area contributed by atoms with Gasteiger partial charge in [0.25, 0.3) is 5.56 Å². The molecule has 0 spiro atoms. The van der Waals surface area contributed by atoms with Crippen molar-refractivity contribution in [2.75, 3.05) is 11.9 Å². The van der Waals surface area contributed by atoms with E-state index in [-0.39, 0.29) is 17.3 Å². The molecule has 30 heavy (non-hydrogen) atoms. The topological polar surface area (TPSA) is 85.6 Å². The summed E-state index contributed by atoms with van der Waals surface area (Å²) in [6.07, 6.45) is 3.48. The standard InChI is InChI=1S/C23H22N4O3/c1-3-4-13-30-22(29)17-10-6-8-12-19(17)24-20-15(2)14-27-21(28)16-9-5-7-11-18(16)25-23(27)26-20/h5-12,14H,3-4,13H2,1-2H3,(H,24,25,26). The van der Waals surface area contributed by atoms with Crippen LogP contribution < -0.4 is 10.9 Å². The van der Waals surface area contributed by atoms with E-state index in [1.807, 2.05) is 32.0 Å². The highest BCUT2D eigenvalue weighted by Crippen LogP contribution is 2.23. The smallest absolute Gasteiger partial charge is 0.340 e. The summed E-state index contributed by atoms with van der Waals surface area (Å²) in [5, 5.41) is 3.74. The van der Waals surface area contributed by atoms with Gasteiger partial charge in [0.15, 0.2) is 0 Å². The van der Waals surface area contributed by atoms with Crippen LogP contribution in [0.1, 0.15) is 35.7 Å². The molecule has 2 aromatic heterocycles. The zero-order chi connectivity index (χ0) is 21.1. The monoisotopic (exact) mass is 402 g/mol. The number of benzene rings is 2. The van der Waals surface area contributed by atoms with Gasteiger partial charge in [-0.05, 0) is 37.6 Å². The van der Waals surface area contributed by atoms with Gasteiger partial charge in [0, 0.05) is 11.8 Å². The molecule has 0 aliphatic heterocycles. The Morgan fingerprint density at radius 1 is 1.10 bits per heavy atom. The fourth-order valence-corrected chi connectivity index (χ4v) is 3.18. The number of hydrogen-bond acceptors (Lipinski definition) is 6. The van der Waals surface area contributed by atoms with E-state index in [4.69, 9.17) is 4.74 Å². The Hall–Kier alpha value is -3.74. The molecule has 152 valence electrons. The quantitative estimate of drug-likeness (QED) is 0.295. The number of aromatic nitrogens is 3. The van der Waals surface area contributed by atoms with Gasteiger partial charge in [0.1, 0.15) is 5.82 Å². The zero-order valence-electron chi connectivity index (χ0n) is 16.9. The van der Waals surface area contributed by atoms with E-state index in [0.717, 1.165) is 18.4 Å². The Labute approximate surface area is 173 Å². The third kappa shape index (κ3) is 3.74. The lowest BCUT2D eigenvalue weighted by atomic mass is 10.1. The molecule has 7 heteroatoms. The van der Waals surface area contributed by atoms with Gasteiger partial charge in [0.05, 0.1) is 28.8 Å². The molecule has 0 radical (unpaired) electrons. The molecule has 1 N–H and O–H groups in total. The first-order chi connectivity index (χ1) is 14.6. The number of hydrogen-bond donors (Lipinski definition) is 1. The van der Waals surface area contributed by atoms with Crippen molar-refractivity contribution < 1.29 is 9.53 Å². The molecule has 2 heterocycles. The number of carbonyl (C=O) groups excluding carboxylic acids is 1. The van der Waals surface area contributed by atoms with Crippen LogP contribution in [0.5, 0.6) is 0 Å². The fourth-order valence-electron chi connectivity index (χ4n) is 3.18. The van der Waals surface area contributed by atoms with Gasteiger partial charge < -0.3 is 10.1 Å². The molecule has 2 aromatic carbocycles. The van der Waals surface area contributed by atoms with Gasteiger partial charge in [-0.3, -0.25) is 9.20 Å². The van der Waals surface area contributed by atoms with Gasteiger partial charge in [-0.2, -0.15) is 4.98 Å². The lowest BCUT2D eigenvalue weighted by Gasteiger charge is -2.14. The molecular weight excluding hydrogens is 380 g/mol. The predicted octanol–water partition coefficient (Wildman–Crippen LogP) is 4.25. The van der Waals surface area contributed by atoms with Gasteiger partial charge in [-0.25, -0.2) is 9.78 Å². The Morgan fingerprint density at radius 2 is 1.87 bits per heavy atom. The van der Waals surface area contributed by atoms with Crippen molar-refractivity contribution in [3.05, 3.63) is 76.2 Å². The summed E-state index contributed by atoms with van der Waals surface area (Å²) in [6, 6.07) is 14.3. The molecule has 0 atom stereocenters. The molecule has 0 bridgehead atoms. The summed E-state index contributed by atoms with van der Waals surface area (Å²) in [5.41, 5.74) is 2.18. The number of nitrogens with one attached hydrogen (secondary N) is 1. The molecule has 0 fully saturated rings. The van der Waals surface area contributed by atoms with Crippen LogP contribution in [-0.4, -0.2) is 26.9 Å². The second-order valence-corrected chi connectivity index (χ2v) is 7.04. The number of para-hydroxylation sites is 2. The van der Waals surface area contributed by atoms with Crippen LogP contribution in [0.3, 0.4) is 0 Å². The Kier molecular flexibility index (Phi) is 5.43. The van der Waals surface area contributed by atoms with Crippen LogP contribution >= 0.6 is 0 Å². The van der Waals surface area contributed by atoms with Crippen molar-refractivity contribution in [1.29, 1.82) is 0 Å². The van der Waals surface area contributed by atoms with Crippen LogP contribution in [0.2, 0.25) is 0 Å². The highest BCUT2D eigenvalue weighted by Gasteiger charge is 2.15. The second kappa shape index (κ2) is 8.32. The minimum atomic E-state index is -0.384. The Bertz CT molecular complexity index is 1300. The van der Waals surface area contributed by atoms with E-state index < -0.39 is 0 Å². The number of fused-ring (bicyclic) bond motifs is 2. The van der Waals surface area contributed by atoms with Gasteiger partial charge in [0.2, 0.25) is 5.78 Å². The van der Waals surface area contributed by atoms with Crippen molar-refractivity contribution in [2.45, 2.75) is 26.7 Å². The molecule has 4 aromatic rings. The summed E-state index contributed by atoms with van der Waals surface area (Å²) in [7, 11) is 0. The number of aryl methyl sites for hydroxylation is 1. The van der Waals surface area contributed by atoms with E-state index >= 15 is 0 Å². The lowest BCUT2D eigenvalue weighted by molar-refractivity contribution is 0.0501. The third-order valence-corrected chi connectivity index (χ3v) is 4.83. The van der Waals surface area contributed by atoms with Crippen molar-refractivity contribution in [3.8, 4) is 0 Å². The van der Waals surface area contributed by atoms with Crippen molar-refractivity contribution in [1.82, 2.24) is 14.4 Å². The first-order valence-electron chi connectivity index (χ1n) is 9.90. The van der Waals surface area contributed by atoms with Crippen LogP contribution in [0.15, 0.2) is 59.5 Å². The molecule has 0 amide bonds. The first-order valence-corrected chi connectivity index (χ1v) is 9.90. The minimum Gasteiger partial charge on any atom is -0.462 e. The third-order valence-electron chi connectivity index (χ3n) is 4.83. The van der Waals surface area contributed by atoms with Crippen molar-refractivity contribution in [2.24, 2.45) is 0 Å². The maximum absolute atomic E-state index is 12.8. The van der Waals surface area contributed by atoms with Crippen LogP contribution in [0, 0.1) is 6.92 Å². The number of nitrogens with zero attached hydrogens (tertiary/aromatic N) is 3. The summed E-state index contributed by atoms with van der Waals surface area (Å²) in [5.74, 6) is 0.422. The average Bonchev–Trinajstić information content (AvgIpc) is 2.76. The van der Waals surface area contributed by atoms with E-state index in [0.29, 0.717) is 34.6 Å². The number of esters is 1. The van der Waals surface area contributed by atoms with E-state index in [1.54, 1.807) is 36.5 Å². The average molecular weight is 402 g/mol. The lowest BCUT2D eigenvalue weighted by Crippen LogP contribution is -2.17. The molecule has 4 rings (SSSR count). The fraction of sp³-hybridized carbons (Fsp3) is 0.217. The Balaban J connectivity index is 1.73. The summed E-state index contributed by atoms with van der Waals surface area (Å²) >= 11 is 0. The van der Waals surface area contributed by atoms with Crippen molar-refractivity contribution in [3.63, 3.8) is 0 Å². The number of ether oxygens (including phenoxy) is 1. The van der Waals surface area contributed by atoms with Crippen molar-refractivity contribution >= 4 is 34.2 Å². The largest absolute Gasteiger partial charge is 0.462 e. The molecule has 0 aliphatic rings. The van der Waals surface area contributed by atoms with Gasteiger partial charge in [-0.15, -0.1) is 0 Å². The number of rotatable bonds is 6. The number of anilines is 2. The van der Waals surface area contributed by atoms with E-state index in [9.17, 15) is 9.59 Å². The molecule has 0 saturated heterocycles. The second-order valence-electron chi connectivity index (χ2n) is 7.04. The molecule has 0 aliphatic carbocycles. The maximum atomic E-state index is 12.8. The summed E-state index contributed by atoms with van der Waals surface area (Å²) in [4.78, 5) is 34.3. The normalized spacial score (nSPS) is 11.0. The summed E-state index contributed by atoms with van der Waals surface area (Å²) < 4.78 is 6.79. The maximum Gasteiger partial charge on any atom is 0.340 e. The molecule has 0 unspecified atom stereocenters. The Morgan fingerprint density at radius 3 is 2.70 bits per heavy atom. The van der Waals surface area contributed by atoms with Crippen LogP contribution in [-0.2, 0) is 4.74 Å². The molecular formula is C23H22N4O3. The molecule has 0 saturated carbocycles. The van der Waals surface area contributed by atoms with Gasteiger partial charge >= 0.3 is 5.97 Å². The first kappa shape index (κ1) is 19.6. The van der Waals surface area contributed by atoms with E-state index in [1.165, 1.54) is 4.40 Å². The van der Waals surface area contributed by atoms with Crippen LogP contribution in [0.4, 0.5) is 11.5 Å². The van der Waals surface area contributed by atoms with E-state index in [2.05, 4.69) is 15.3 Å². The zero-order valence-corrected chi connectivity index (χ0v) is 16.9. The van der Waals surface area contributed by atoms with Crippen LogP contribution in [0.25, 0.3) is 16.7 Å². The predicted molar refractivity (Wildman–Crippen MR) is 116 cm³/mol. The SMILES string of the molecule is CCCCOC(=O)c1ccccc1Nc1nc2nc3ccccc3c(=O)n2cc1C. The van der Waals surface area contributed by atoms with Gasteiger partial charge in [-0.1, -0.05) is 37.6 Å². The number of unbranched alkanes of at least 4 members (excludes halogenated alkanes) is 1. The number of carbonyl (C=O) groups is 1.